The van der Waals surface area contributed by atoms with Gasteiger partial charge in [-0.05, 0) is 43.2 Å². The Morgan fingerprint density at radius 3 is 2.44 bits per heavy atom. The molecule has 0 radical (unpaired) electrons. The molecule has 172 valence electrons. The zero-order valence-electron chi connectivity index (χ0n) is 17.6. The van der Waals surface area contributed by atoms with Crippen molar-refractivity contribution in [3.05, 3.63) is 59.0 Å². The van der Waals surface area contributed by atoms with Crippen molar-refractivity contribution in [2.45, 2.75) is 32.6 Å². The SMILES string of the molecule is Cc1cnc(N(C=O)CC(=O)N(Cc2ccc(C(F)(F)F)cc2)C(C)C2COC2)c(F)c1. The average molecular weight is 453 g/mol. The van der Waals surface area contributed by atoms with Crippen LogP contribution >= 0.6 is 0 Å². The van der Waals surface area contributed by atoms with Gasteiger partial charge in [-0.1, -0.05) is 12.1 Å². The molecular formula is C22H23F4N3O3. The summed E-state index contributed by atoms with van der Waals surface area (Å²) in [5, 5.41) is 0. The summed E-state index contributed by atoms with van der Waals surface area (Å²) in [5.74, 6) is -1.45. The first-order chi connectivity index (χ1) is 15.1. The number of hydrogen-bond donors (Lipinski definition) is 0. The van der Waals surface area contributed by atoms with Crippen molar-refractivity contribution in [3.8, 4) is 0 Å². The molecular weight excluding hydrogens is 430 g/mol. The van der Waals surface area contributed by atoms with Gasteiger partial charge in [0.05, 0.1) is 18.8 Å². The molecule has 2 amide bonds. The molecule has 1 aliphatic heterocycles. The Bertz CT molecular complexity index is 962. The van der Waals surface area contributed by atoms with E-state index in [1.54, 1.807) is 6.92 Å². The van der Waals surface area contributed by atoms with Gasteiger partial charge < -0.3 is 9.64 Å². The fourth-order valence-corrected chi connectivity index (χ4v) is 3.38. The van der Waals surface area contributed by atoms with Gasteiger partial charge in [0.25, 0.3) is 0 Å². The number of benzene rings is 1. The van der Waals surface area contributed by atoms with Gasteiger partial charge in [-0.15, -0.1) is 0 Å². The lowest BCUT2D eigenvalue weighted by molar-refractivity contribution is -0.140. The molecule has 6 nitrogen and oxygen atoms in total. The fraction of sp³-hybridized carbons (Fsp3) is 0.409. The highest BCUT2D eigenvalue weighted by atomic mass is 19.4. The fourth-order valence-electron chi connectivity index (χ4n) is 3.38. The Morgan fingerprint density at radius 1 is 1.28 bits per heavy atom. The van der Waals surface area contributed by atoms with Crippen molar-refractivity contribution in [2.75, 3.05) is 24.7 Å². The van der Waals surface area contributed by atoms with Gasteiger partial charge in [-0.2, -0.15) is 13.2 Å². The summed E-state index contributed by atoms with van der Waals surface area (Å²) in [6.07, 6.45) is -2.75. The monoisotopic (exact) mass is 453 g/mol. The van der Waals surface area contributed by atoms with E-state index in [0.717, 1.165) is 17.0 Å². The van der Waals surface area contributed by atoms with Crippen LogP contribution in [0, 0.1) is 18.7 Å². The lowest BCUT2D eigenvalue weighted by Gasteiger charge is -2.39. The number of aromatic nitrogens is 1. The number of carbonyl (C=O) groups is 2. The molecule has 0 N–H and O–H groups in total. The van der Waals surface area contributed by atoms with Crippen molar-refractivity contribution in [1.82, 2.24) is 9.88 Å². The molecule has 2 heterocycles. The number of rotatable bonds is 8. The van der Waals surface area contributed by atoms with Crippen LogP contribution in [0.2, 0.25) is 0 Å². The number of halogens is 4. The van der Waals surface area contributed by atoms with E-state index in [9.17, 15) is 27.2 Å². The maximum Gasteiger partial charge on any atom is 0.416 e. The van der Waals surface area contributed by atoms with Crippen LogP contribution in [0.5, 0.6) is 0 Å². The average Bonchev–Trinajstić information content (AvgIpc) is 2.68. The summed E-state index contributed by atoms with van der Waals surface area (Å²) in [5.41, 5.74) is 0.273. The van der Waals surface area contributed by atoms with Crippen LogP contribution in [0.25, 0.3) is 0 Å². The topological polar surface area (TPSA) is 62.7 Å². The van der Waals surface area contributed by atoms with Crippen molar-refractivity contribution < 1.29 is 31.9 Å². The zero-order chi connectivity index (χ0) is 23.5. The Hall–Kier alpha value is -3.01. The maximum atomic E-state index is 14.3. The molecule has 3 rings (SSSR count). The van der Waals surface area contributed by atoms with Crippen molar-refractivity contribution in [3.63, 3.8) is 0 Å². The number of anilines is 1. The Labute approximate surface area is 182 Å². The molecule has 0 bridgehead atoms. The molecule has 1 atom stereocenters. The summed E-state index contributed by atoms with van der Waals surface area (Å²) in [6.45, 7) is 3.92. The van der Waals surface area contributed by atoms with E-state index in [1.807, 2.05) is 6.92 Å². The van der Waals surface area contributed by atoms with Gasteiger partial charge in [-0.25, -0.2) is 9.37 Å². The summed E-state index contributed by atoms with van der Waals surface area (Å²) in [6, 6.07) is 5.44. The van der Waals surface area contributed by atoms with Gasteiger partial charge in [-0.3, -0.25) is 14.5 Å². The molecule has 1 saturated heterocycles. The van der Waals surface area contributed by atoms with Crippen LogP contribution in [0.15, 0.2) is 36.5 Å². The molecule has 1 unspecified atom stereocenters. The highest BCUT2D eigenvalue weighted by Gasteiger charge is 2.34. The van der Waals surface area contributed by atoms with Crippen LogP contribution < -0.4 is 4.90 Å². The summed E-state index contributed by atoms with van der Waals surface area (Å²) < 4.78 is 58.0. The van der Waals surface area contributed by atoms with Crippen LogP contribution in [0.1, 0.15) is 23.6 Å². The third-order valence-electron chi connectivity index (χ3n) is 5.46. The molecule has 32 heavy (non-hydrogen) atoms. The number of alkyl halides is 3. The lowest BCUT2D eigenvalue weighted by Crippen LogP contribution is -2.51. The van der Waals surface area contributed by atoms with Gasteiger partial charge in [0.1, 0.15) is 6.54 Å². The standard InChI is InChI=1S/C22H23F4N3O3/c1-14-7-19(23)21(27-8-14)28(13-30)10-20(31)29(15(2)17-11-32-12-17)9-16-3-5-18(6-4-16)22(24,25)26/h3-8,13,15,17H,9-12H2,1-2H3. The normalized spacial score (nSPS) is 15.1. The highest BCUT2D eigenvalue weighted by Crippen LogP contribution is 2.30. The van der Waals surface area contributed by atoms with Gasteiger partial charge in [0, 0.05) is 24.7 Å². The third kappa shape index (κ3) is 5.42. The van der Waals surface area contributed by atoms with Crippen molar-refractivity contribution in [2.24, 2.45) is 5.92 Å². The largest absolute Gasteiger partial charge is 0.416 e. The first-order valence-corrected chi connectivity index (χ1v) is 9.97. The lowest BCUT2D eigenvalue weighted by atomic mass is 9.97. The van der Waals surface area contributed by atoms with E-state index in [4.69, 9.17) is 4.74 Å². The Kier molecular flexibility index (Phi) is 7.12. The van der Waals surface area contributed by atoms with Gasteiger partial charge in [0.15, 0.2) is 11.6 Å². The predicted octanol–water partition coefficient (Wildman–Crippen LogP) is 3.57. The summed E-state index contributed by atoms with van der Waals surface area (Å²) >= 11 is 0. The minimum absolute atomic E-state index is 0.0329. The quantitative estimate of drug-likeness (QED) is 0.453. The second-order valence-corrected chi connectivity index (χ2v) is 7.81. The van der Waals surface area contributed by atoms with E-state index in [1.165, 1.54) is 29.3 Å². The highest BCUT2D eigenvalue weighted by molar-refractivity contribution is 5.88. The number of nitrogens with zero attached hydrogens (tertiary/aromatic N) is 3. The van der Waals surface area contributed by atoms with E-state index < -0.39 is 30.0 Å². The molecule has 10 heteroatoms. The molecule has 0 saturated carbocycles. The molecule has 1 aromatic carbocycles. The van der Waals surface area contributed by atoms with Gasteiger partial charge in [0.2, 0.25) is 12.3 Å². The molecule has 1 aliphatic rings. The van der Waals surface area contributed by atoms with Crippen LogP contribution in [-0.4, -0.2) is 48.0 Å². The number of amides is 2. The number of carbonyl (C=O) groups excluding carboxylic acids is 2. The van der Waals surface area contributed by atoms with Crippen LogP contribution in [0.4, 0.5) is 23.4 Å². The van der Waals surface area contributed by atoms with Crippen molar-refractivity contribution >= 4 is 18.1 Å². The molecule has 0 spiro atoms. The Morgan fingerprint density at radius 2 is 1.94 bits per heavy atom. The molecule has 1 fully saturated rings. The number of ether oxygens (including phenoxy) is 1. The van der Waals surface area contributed by atoms with E-state index >= 15 is 0 Å². The predicted molar refractivity (Wildman–Crippen MR) is 108 cm³/mol. The third-order valence-corrected chi connectivity index (χ3v) is 5.46. The number of hydrogen-bond acceptors (Lipinski definition) is 4. The first kappa shape index (κ1) is 23.6. The summed E-state index contributed by atoms with van der Waals surface area (Å²) in [4.78, 5) is 31.0. The van der Waals surface area contributed by atoms with Crippen molar-refractivity contribution in [1.29, 1.82) is 0 Å². The minimum Gasteiger partial charge on any atom is -0.381 e. The molecule has 0 aliphatic carbocycles. The second kappa shape index (κ2) is 9.64. The van der Waals surface area contributed by atoms with Gasteiger partial charge >= 0.3 is 6.18 Å². The van der Waals surface area contributed by atoms with E-state index in [-0.39, 0.29) is 24.3 Å². The number of pyridine rings is 1. The van der Waals surface area contributed by atoms with E-state index in [0.29, 0.717) is 30.8 Å². The zero-order valence-corrected chi connectivity index (χ0v) is 17.6. The number of aryl methyl sites for hydroxylation is 1. The second-order valence-electron chi connectivity index (χ2n) is 7.81. The van der Waals surface area contributed by atoms with Crippen LogP contribution in [-0.2, 0) is 27.0 Å². The maximum absolute atomic E-state index is 14.3. The smallest absolute Gasteiger partial charge is 0.381 e. The molecule has 2 aromatic rings. The Balaban J connectivity index is 1.81. The summed E-state index contributed by atoms with van der Waals surface area (Å²) in [7, 11) is 0. The van der Waals surface area contributed by atoms with Crippen LogP contribution in [0.3, 0.4) is 0 Å². The first-order valence-electron chi connectivity index (χ1n) is 9.97. The minimum atomic E-state index is -4.46. The molecule has 1 aromatic heterocycles. The van der Waals surface area contributed by atoms with E-state index in [2.05, 4.69) is 4.98 Å².